The summed E-state index contributed by atoms with van der Waals surface area (Å²) >= 11 is 0. The monoisotopic (exact) mass is 238 g/mol. The number of carbonyl (C=O) groups is 1. The van der Waals surface area contributed by atoms with Crippen LogP contribution in [0.25, 0.3) is 0 Å². The summed E-state index contributed by atoms with van der Waals surface area (Å²) in [7, 11) is 0. The van der Waals surface area contributed by atoms with Gasteiger partial charge in [-0.3, -0.25) is 0 Å². The first kappa shape index (κ1) is 14.1. The lowest BCUT2D eigenvalue weighted by Crippen LogP contribution is -2.47. The molecule has 1 atom stereocenters. The van der Waals surface area contributed by atoms with Gasteiger partial charge in [0.15, 0.2) is 0 Å². The van der Waals surface area contributed by atoms with Gasteiger partial charge in [-0.25, -0.2) is 4.79 Å². The zero-order valence-corrected chi connectivity index (χ0v) is 11.2. The average Bonchev–Trinajstić information content (AvgIpc) is 2.33. The Kier molecular flexibility index (Phi) is 6.75. The number of unbranched alkanes of at least 4 members (excludes halogenated alkanes) is 4. The van der Waals surface area contributed by atoms with Crippen molar-refractivity contribution in [2.75, 3.05) is 6.54 Å². The largest absolute Gasteiger partial charge is 0.321 e. The van der Waals surface area contributed by atoms with Crippen LogP contribution < -0.4 is 5.32 Å². The fourth-order valence-corrected chi connectivity index (χ4v) is 2.22. The topological polar surface area (TPSA) is 32.3 Å². The lowest BCUT2D eigenvalue weighted by molar-refractivity contribution is 0.179. The van der Waals surface area contributed by atoms with Crippen LogP contribution in [0.2, 0.25) is 0 Å². The van der Waals surface area contributed by atoms with E-state index in [1.54, 1.807) is 6.20 Å². The molecule has 0 fully saturated rings. The van der Waals surface area contributed by atoms with Crippen molar-refractivity contribution >= 4 is 6.03 Å². The van der Waals surface area contributed by atoms with Gasteiger partial charge in [-0.05, 0) is 18.9 Å². The number of urea groups is 1. The Morgan fingerprint density at radius 2 is 1.88 bits per heavy atom. The summed E-state index contributed by atoms with van der Waals surface area (Å²) in [6.07, 6.45) is 12.3. The number of amides is 2. The highest BCUT2D eigenvalue weighted by atomic mass is 16.2. The maximum absolute atomic E-state index is 11.8. The molecule has 3 heteroatoms. The van der Waals surface area contributed by atoms with Gasteiger partial charge in [0.1, 0.15) is 0 Å². The molecule has 1 N–H and O–H groups in total. The molecule has 1 heterocycles. The molecule has 0 aromatic carbocycles. The van der Waals surface area contributed by atoms with E-state index in [4.69, 9.17) is 0 Å². The highest BCUT2D eigenvalue weighted by molar-refractivity contribution is 5.77. The second kappa shape index (κ2) is 8.15. The zero-order chi connectivity index (χ0) is 12.5. The predicted octanol–water partition coefficient (Wildman–Crippen LogP) is 3.66. The van der Waals surface area contributed by atoms with Crippen molar-refractivity contribution < 1.29 is 4.79 Å². The Morgan fingerprint density at radius 3 is 2.59 bits per heavy atom. The van der Waals surface area contributed by atoms with Gasteiger partial charge in [0.05, 0.1) is 6.04 Å². The number of hydrogen-bond acceptors (Lipinski definition) is 1. The second-order valence-corrected chi connectivity index (χ2v) is 4.77. The Morgan fingerprint density at radius 1 is 1.18 bits per heavy atom. The van der Waals surface area contributed by atoms with Crippen molar-refractivity contribution in [2.45, 2.75) is 64.8 Å². The zero-order valence-electron chi connectivity index (χ0n) is 11.2. The summed E-state index contributed by atoms with van der Waals surface area (Å²) in [5.41, 5.74) is 0. The number of hydrogen-bond donors (Lipinski definition) is 1. The molecule has 1 unspecified atom stereocenters. The quantitative estimate of drug-likeness (QED) is 0.643. The van der Waals surface area contributed by atoms with Gasteiger partial charge in [-0.15, -0.1) is 0 Å². The van der Waals surface area contributed by atoms with Gasteiger partial charge in [0.2, 0.25) is 0 Å². The van der Waals surface area contributed by atoms with Crippen molar-refractivity contribution in [1.82, 2.24) is 10.2 Å². The average molecular weight is 238 g/mol. The van der Waals surface area contributed by atoms with Crippen LogP contribution in [0.3, 0.4) is 0 Å². The van der Waals surface area contributed by atoms with Crippen LogP contribution in [0.1, 0.15) is 58.8 Å². The lowest BCUT2D eigenvalue weighted by Gasteiger charge is -2.32. The van der Waals surface area contributed by atoms with Crippen molar-refractivity contribution in [3.05, 3.63) is 12.3 Å². The molecule has 0 saturated carbocycles. The summed E-state index contributed by atoms with van der Waals surface area (Å²) in [6, 6.07) is 0.386. The normalized spacial score (nSPS) is 19.5. The lowest BCUT2D eigenvalue weighted by atomic mass is 10.1. The smallest absolute Gasteiger partial charge is 0.318 e. The van der Waals surface area contributed by atoms with Crippen LogP contribution in [0.4, 0.5) is 4.79 Å². The van der Waals surface area contributed by atoms with Crippen LogP contribution in [-0.4, -0.2) is 23.5 Å². The molecule has 2 amide bonds. The summed E-state index contributed by atoms with van der Waals surface area (Å²) in [6.45, 7) is 5.29. The van der Waals surface area contributed by atoms with Crippen LogP contribution >= 0.6 is 0 Å². The van der Waals surface area contributed by atoms with E-state index < -0.39 is 0 Å². The van der Waals surface area contributed by atoms with Gasteiger partial charge >= 0.3 is 6.03 Å². The third-order valence-corrected chi connectivity index (χ3v) is 3.29. The van der Waals surface area contributed by atoms with Gasteiger partial charge in [0, 0.05) is 12.7 Å². The fraction of sp³-hybridized carbons (Fsp3) is 0.786. The third kappa shape index (κ3) is 4.80. The van der Waals surface area contributed by atoms with Gasteiger partial charge in [-0.1, -0.05) is 46.0 Å². The van der Waals surface area contributed by atoms with Crippen LogP contribution in [0.5, 0.6) is 0 Å². The van der Waals surface area contributed by atoms with Crippen molar-refractivity contribution in [2.24, 2.45) is 0 Å². The molecule has 0 bridgehead atoms. The van der Waals surface area contributed by atoms with Crippen molar-refractivity contribution in [3.8, 4) is 0 Å². The van der Waals surface area contributed by atoms with E-state index in [-0.39, 0.29) is 6.03 Å². The van der Waals surface area contributed by atoms with E-state index in [2.05, 4.69) is 25.2 Å². The van der Waals surface area contributed by atoms with Gasteiger partial charge in [0.25, 0.3) is 0 Å². The molecule has 0 spiro atoms. The molecule has 0 radical (unpaired) electrons. The van der Waals surface area contributed by atoms with Crippen molar-refractivity contribution in [3.63, 3.8) is 0 Å². The molecule has 0 aliphatic carbocycles. The van der Waals surface area contributed by atoms with E-state index in [1.807, 2.05) is 4.90 Å². The second-order valence-electron chi connectivity index (χ2n) is 4.77. The van der Waals surface area contributed by atoms with E-state index >= 15 is 0 Å². The van der Waals surface area contributed by atoms with E-state index in [1.165, 1.54) is 32.1 Å². The molecule has 1 aliphatic heterocycles. The molecule has 0 saturated heterocycles. The van der Waals surface area contributed by atoms with E-state index in [0.717, 1.165) is 19.4 Å². The molecule has 3 nitrogen and oxygen atoms in total. The first-order valence-corrected chi connectivity index (χ1v) is 7.03. The predicted molar refractivity (Wildman–Crippen MR) is 71.8 cm³/mol. The summed E-state index contributed by atoms with van der Waals surface area (Å²) in [4.78, 5) is 13.8. The Hall–Kier alpha value is -0.990. The maximum atomic E-state index is 11.8. The van der Waals surface area contributed by atoms with E-state index in [9.17, 15) is 4.79 Å². The van der Waals surface area contributed by atoms with Crippen molar-refractivity contribution in [1.29, 1.82) is 0 Å². The molecular weight excluding hydrogens is 212 g/mol. The first-order valence-electron chi connectivity index (χ1n) is 7.03. The van der Waals surface area contributed by atoms with Crippen LogP contribution in [-0.2, 0) is 0 Å². The summed E-state index contributed by atoms with van der Waals surface area (Å²) in [5, 5.41) is 2.79. The highest BCUT2D eigenvalue weighted by Gasteiger charge is 2.23. The fourth-order valence-electron chi connectivity index (χ4n) is 2.22. The maximum Gasteiger partial charge on any atom is 0.321 e. The molecular formula is C14H26N2O. The highest BCUT2D eigenvalue weighted by Crippen LogP contribution is 2.15. The van der Waals surface area contributed by atoms with Crippen LogP contribution in [0, 0.1) is 0 Å². The minimum Gasteiger partial charge on any atom is -0.318 e. The Balaban J connectivity index is 2.42. The SMILES string of the molecule is CCCCCC1C=CNC(=O)N1CCCCC. The molecule has 17 heavy (non-hydrogen) atoms. The molecule has 0 aromatic rings. The standard InChI is InChI=1S/C14H26N2O/c1-3-5-7-9-13-10-11-15-14(17)16(13)12-8-6-4-2/h10-11,13H,3-9,12H2,1-2H3,(H,15,17). The summed E-state index contributed by atoms with van der Waals surface area (Å²) in [5.74, 6) is 0. The first-order chi connectivity index (χ1) is 8.29. The number of nitrogens with zero attached hydrogens (tertiary/aromatic N) is 1. The molecule has 0 aromatic heterocycles. The number of carbonyl (C=O) groups excluding carboxylic acids is 1. The molecule has 1 rings (SSSR count). The molecule has 1 aliphatic rings. The Labute approximate surface area is 105 Å². The molecule has 98 valence electrons. The van der Waals surface area contributed by atoms with E-state index in [0.29, 0.717) is 6.04 Å². The third-order valence-electron chi connectivity index (χ3n) is 3.29. The van der Waals surface area contributed by atoms with Gasteiger partial charge < -0.3 is 10.2 Å². The minimum absolute atomic E-state index is 0.0742. The minimum atomic E-state index is 0.0742. The number of rotatable bonds is 8. The van der Waals surface area contributed by atoms with Gasteiger partial charge in [-0.2, -0.15) is 0 Å². The summed E-state index contributed by atoms with van der Waals surface area (Å²) < 4.78 is 0. The van der Waals surface area contributed by atoms with Crippen LogP contribution in [0.15, 0.2) is 12.3 Å². The Bertz CT molecular complexity index is 251. The number of nitrogens with one attached hydrogen (secondary N) is 1.